The fourth-order valence-corrected chi connectivity index (χ4v) is 2.81. The average molecular weight is 197 g/mol. The molecule has 1 aliphatic heterocycles. The average Bonchev–Trinajstić information content (AvgIpc) is 2.26. The Bertz CT molecular complexity index is 387. The van der Waals surface area contributed by atoms with Gasteiger partial charge in [-0.3, -0.25) is 0 Å². The lowest BCUT2D eigenvalue weighted by atomic mass is 10.0. The third-order valence-electron chi connectivity index (χ3n) is 2.49. The van der Waals surface area contributed by atoms with Crippen LogP contribution in [0.2, 0.25) is 0 Å². The van der Waals surface area contributed by atoms with E-state index in [1.54, 1.807) is 0 Å². The van der Waals surface area contributed by atoms with Crippen LogP contribution >= 0.6 is 11.8 Å². The zero-order valence-corrected chi connectivity index (χ0v) is 8.47. The van der Waals surface area contributed by atoms with Crippen molar-refractivity contribution in [2.75, 3.05) is 0 Å². The Balaban J connectivity index is 2.12. The summed E-state index contributed by atoms with van der Waals surface area (Å²) in [5.74, 6) is 0. The van der Waals surface area contributed by atoms with Gasteiger partial charge in [-0.25, -0.2) is 0 Å². The van der Waals surface area contributed by atoms with Crippen LogP contribution in [0.3, 0.4) is 0 Å². The van der Waals surface area contributed by atoms with Crippen molar-refractivity contribution in [3.63, 3.8) is 0 Å². The molecule has 0 N–H and O–H groups in total. The third kappa shape index (κ3) is 1.25. The topological polar surface area (TPSA) is 0 Å². The van der Waals surface area contributed by atoms with Crippen molar-refractivity contribution in [1.82, 2.24) is 0 Å². The second-order valence-electron chi connectivity index (χ2n) is 3.42. The summed E-state index contributed by atoms with van der Waals surface area (Å²) in [6, 6.07) is 18.0. The van der Waals surface area contributed by atoms with Gasteiger partial charge in [-0.1, -0.05) is 42.1 Å². The van der Waals surface area contributed by atoms with E-state index in [1.807, 2.05) is 17.8 Å². The quantitative estimate of drug-likeness (QED) is 0.531. The van der Waals surface area contributed by atoms with E-state index in [0.717, 1.165) is 6.42 Å². The molecule has 1 heterocycles. The van der Waals surface area contributed by atoms with Crippen LogP contribution in [-0.2, 0) is 6.42 Å². The van der Waals surface area contributed by atoms with Crippen molar-refractivity contribution in [3.8, 4) is 0 Å². The molecule has 67 valence electrons. The highest BCUT2D eigenvalue weighted by Crippen LogP contribution is 2.38. The highest BCUT2D eigenvalue weighted by atomic mass is 32.2. The van der Waals surface area contributed by atoms with Crippen LogP contribution in [0.25, 0.3) is 0 Å². The normalized spacial score (nSPS) is 13.1. The van der Waals surface area contributed by atoms with E-state index in [1.165, 1.54) is 20.9 Å². The summed E-state index contributed by atoms with van der Waals surface area (Å²) in [7, 11) is 0. The summed E-state index contributed by atoms with van der Waals surface area (Å²) in [4.78, 5) is 2.74. The minimum absolute atomic E-state index is 1.06. The van der Waals surface area contributed by atoms with Crippen molar-refractivity contribution >= 4 is 11.8 Å². The van der Waals surface area contributed by atoms with E-state index in [0.29, 0.717) is 0 Å². The standard InChI is InChI=1S/C13H9S/c1-3-7-12-10(5-1)9-11-6-2-4-8-13(11)14-12/h1-3,5-8H,9H2. The van der Waals surface area contributed by atoms with E-state index in [2.05, 4.69) is 42.5 Å². The van der Waals surface area contributed by atoms with Gasteiger partial charge >= 0.3 is 0 Å². The molecule has 0 fully saturated rings. The number of hydrogen-bond donors (Lipinski definition) is 0. The summed E-state index contributed by atoms with van der Waals surface area (Å²) in [6.07, 6.45) is 1.06. The van der Waals surface area contributed by atoms with Crippen molar-refractivity contribution in [2.45, 2.75) is 16.2 Å². The first-order chi connectivity index (χ1) is 6.93. The molecular formula is C13H9S. The molecule has 1 heteroatoms. The molecule has 2 aromatic rings. The molecule has 0 bridgehead atoms. The minimum Gasteiger partial charge on any atom is -0.0895 e. The lowest BCUT2D eigenvalue weighted by Crippen LogP contribution is -1.98. The zero-order chi connectivity index (χ0) is 9.38. The molecule has 2 aromatic carbocycles. The van der Waals surface area contributed by atoms with Gasteiger partial charge in [-0.05, 0) is 35.7 Å². The molecule has 3 rings (SSSR count). The van der Waals surface area contributed by atoms with Crippen LogP contribution in [-0.4, -0.2) is 0 Å². The van der Waals surface area contributed by atoms with Gasteiger partial charge in [0.25, 0.3) is 0 Å². The van der Waals surface area contributed by atoms with E-state index in [9.17, 15) is 0 Å². The molecule has 0 saturated heterocycles. The molecule has 0 aliphatic carbocycles. The maximum Gasteiger partial charge on any atom is 0.0164 e. The smallest absolute Gasteiger partial charge is 0.0164 e. The molecule has 0 spiro atoms. The van der Waals surface area contributed by atoms with Crippen molar-refractivity contribution in [1.29, 1.82) is 0 Å². The summed E-state index contributed by atoms with van der Waals surface area (Å²) < 4.78 is 0. The summed E-state index contributed by atoms with van der Waals surface area (Å²) in [6.45, 7) is 0. The molecular weight excluding hydrogens is 188 g/mol. The number of hydrogen-bond acceptors (Lipinski definition) is 1. The van der Waals surface area contributed by atoms with E-state index in [-0.39, 0.29) is 0 Å². The Morgan fingerprint density at radius 1 is 1.00 bits per heavy atom. The van der Waals surface area contributed by atoms with Gasteiger partial charge in [-0.2, -0.15) is 0 Å². The number of benzene rings is 2. The summed E-state index contributed by atoms with van der Waals surface area (Å²) >= 11 is 1.85. The fourth-order valence-electron chi connectivity index (χ4n) is 1.76. The van der Waals surface area contributed by atoms with Gasteiger partial charge in [0, 0.05) is 9.79 Å². The Labute approximate surface area is 88.0 Å². The highest BCUT2D eigenvalue weighted by Gasteiger charge is 2.13. The molecule has 0 atom stereocenters. The SMILES string of the molecule is [c]1ccc2c(c1)Sc1ccccc1C2. The highest BCUT2D eigenvalue weighted by molar-refractivity contribution is 7.99. The van der Waals surface area contributed by atoms with Gasteiger partial charge < -0.3 is 0 Å². The van der Waals surface area contributed by atoms with Gasteiger partial charge in [0.1, 0.15) is 0 Å². The molecule has 1 aliphatic rings. The largest absolute Gasteiger partial charge is 0.0895 e. The fraction of sp³-hybridized carbons (Fsp3) is 0.0769. The second kappa shape index (κ2) is 3.18. The van der Waals surface area contributed by atoms with Crippen molar-refractivity contribution in [3.05, 3.63) is 59.7 Å². The Kier molecular flexibility index (Phi) is 1.84. The Morgan fingerprint density at radius 2 is 1.86 bits per heavy atom. The van der Waals surface area contributed by atoms with Gasteiger partial charge in [0.15, 0.2) is 0 Å². The molecule has 0 nitrogen and oxygen atoms in total. The van der Waals surface area contributed by atoms with Crippen LogP contribution in [0.1, 0.15) is 11.1 Å². The van der Waals surface area contributed by atoms with E-state index < -0.39 is 0 Å². The van der Waals surface area contributed by atoms with Crippen LogP contribution in [0.4, 0.5) is 0 Å². The summed E-state index contributed by atoms with van der Waals surface area (Å²) in [5.41, 5.74) is 2.86. The Hall–Kier alpha value is -1.21. The maximum atomic E-state index is 3.13. The van der Waals surface area contributed by atoms with Crippen molar-refractivity contribution < 1.29 is 0 Å². The second-order valence-corrected chi connectivity index (χ2v) is 4.50. The van der Waals surface area contributed by atoms with E-state index >= 15 is 0 Å². The van der Waals surface area contributed by atoms with Crippen molar-refractivity contribution in [2.24, 2.45) is 0 Å². The van der Waals surface area contributed by atoms with Crippen LogP contribution in [0.15, 0.2) is 52.3 Å². The number of rotatable bonds is 0. The first-order valence-electron chi connectivity index (χ1n) is 4.68. The van der Waals surface area contributed by atoms with Gasteiger partial charge in [0.05, 0.1) is 0 Å². The minimum atomic E-state index is 1.06. The van der Waals surface area contributed by atoms with Crippen LogP contribution < -0.4 is 0 Å². The molecule has 1 radical (unpaired) electrons. The monoisotopic (exact) mass is 197 g/mol. The van der Waals surface area contributed by atoms with Crippen LogP contribution in [0, 0.1) is 6.07 Å². The third-order valence-corrected chi connectivity index (χ3v) is 3.70. The van der Waals surface area contributed by atoms with Gasteiger partial charge in [-0.15, -0.1) is 0 Å². The molecule has 0 aromatic heterocycles. The predicted molar refractivity (Wildman–Crippen MR) is 58.6 cm³/mol. The molecule has 14 heavy (non-hydrogen) atoms. The molecule has 0 saturated carbocycles. The first-order valence-corrected chi connectivity index (χ1v) is 5.50. The van der Waals surface area contributed by atoms with E-state index in [4.69, 9.17) is 0 Å². The first kappa shape index (κ1) is 8.13. The Morgan fingerprint density at radius 3 is 2.86 bits per heavy atom. The lowest BCUT2D eigenvalue weighted by Gasteiger charge is -2.17. The molecule has 0 amide bonds. The number of fused-ring (bicyclic) bond motifs is 2. The summed E-state index contributed by atoms with van der Waals surface area (Å²) in [5, 5.41) is 0. The zero-order valence-electron chi connectivity index (χ0n) is 7.66. The maximum absolute atomic E-state index is 3.13. The molecule has 0 unspecified atom stereocenters. The van der Waals surface area contributed by atoms with Crippen LogP contribution in [0.5, 0.6) is 0 Å². The predicted octanol–water partition coefficient (Wildman–Crippen LogP) is 3.54. The lowest BCUT2D eigenvalue weighted by molar-refractivity contribution is 1.05. The van der Waals surface area contributed by atoms with Gasteiger partial charge in [0.2, 0.25) is 0 Å².